The number of nitrogens with one attached hydrogen (secondary N) is 2. The zero-order valence-electron chi connectivity index (χ0n) is 11.5. The van der Waals surface area contributed by atoms with E-state index in [0.29, 0.717) is 20.9 Å². The van der Waals surface area contributed by atoms with Gasteiger partial charge in [0.05, 0.1) is 12.4 Å². The lowest BCUT2D eigenvalue weighted by Crippen LogP contribution is -2.27. The van der Waals surface area contributed by atoms with Crippen molar-refractivity contribution in [2.45, 2.75) is 6.42 Å². The van der Waals surface area contributed by atoms with Crippen LogP contribution in [0.3, 0.4) is 0 Å². The van der Waals surface area contributed by atoms with Gasteiger partial charge in [0.2, 0.25) is 11.8 Å². The molecule has 0 atom stereocenters. The minimum absolute atomic E-state index is 0.418. The molecule has 0 fully saturated rings. The number of rotatable bonds is 6. The number of hydrogen-bond donors (Lipinski definition) is 2. The third-order valence-corrected chi connectivity index (χ3v) is 3.12. The Labute approximate surface area is 147 Å². The van der Waals surface area contributed by atoms with Gasteiger partial charge in [-0.05, 0) is 56.1 Å². The van der Waals surface area contributed by atoms with E-state index in [9.17, 15) is 9.59 Å². The molecule has 0 saturated carbocycles. The van der Waals surface area contributed by atoms with Crippen molar-refractivity contribution in [2.24, 2.45) is 10.2 Å². The molecule has 23 heavy (non-hydrogen) atoms. The summed E-state index contributed by atoms with van der Waals surface area (Å²) in [5.74, 6) is -0.257. The van der Waals surface area contributed by atoms with Gasteiger partial charge in [0.25, 0.3) is 0 Å². The average Bonchev–Trinajstić information content (AvgIpc) is 3.07. The van der Waals surface area contributed by atoms with E-state index in [-0.39, 0.29) is 0 Å². The van der Waals surface area contributed by atoms with Crippen molar-refractivity contribution in [1.82, 2.24) is 10.9 Å². The maximum atomic E-state index is 11.5. The second-order valence-corrected chi connectivity index (χ2v) is 5.61. The number of halogens is 2. The Kier molecular flexibility index (Phi) is 6.29. The number of carbonyl (C=O) groups is 2. The van der Waals surface area contributed by atoms with Crippen LogP contribution < -0.4 is 10.9 Å². The van der Waals surface area contributed by atoms with E-state index in [1.54, 1.807) is 24.3 Å². The molecule has 0 aliphatic rings. The molecular formula is C13H10Br2N4O4. The zero-order chi connectivity index (χ0) is 16.7. The Morgan fingerprint density at radius 3 is 1.70 bits per heavy atom. The topological polar surface area (TPSA) is 109 Å². The Morgan fingerprint density at radius 2 is 1.35 bits per heavy atom. The van der Waals surface area contributed by atoms with Crippen LogP contribution >= 0.6 is 31.9 Å². The van der Waals surface area contributed by atoms with Crippen LogP contribution in [0.4, 0.5) is 0 Å². The molecule has 2 aromatic heterocycles. The van der Waals surface area contributed by atoms with Crippen LogP contribution in [0, 0.1) is 0 Å². The number of amides is 2. The molecule has 0 unspecified atom stereocenters. The van der Waals surface area contributed by atoms with Crippen molar-refractivity contribution < 1.29 is 18.4 Å². The van der Waals surface area contributed by atoms with Gasteiger partial charge in [-0.3, -0.25) is 9.59 Å². The van der Waals surface area contributed by atoms with E-state index < -0.39 is 18.2 Å². The fraction of sp³-hybridized carbons (Fsp3) is 0.0769. The van der Waals surface area contributed by atoms with Gasteiger partial charge in [-0.1, -0.05) is 0 Å². The number of hydrazone groups is 2. The predicted octanol–water partition coefficient (Wildman–Crippen LogP) is 2.39. The van der Waals surface area contributed by atoms with Gasteiger partial charge in [0.15, 0.2) is 9.34 Å². The van der Waals surface area contributed by atoms with Gasteiger partial charge < -0.3 is 8.83 Å². The number of nitrogens with zero attached hydrogens (tertiary/aromatic N) is 2. The van der Waals surface area contributed by atoms with Crippen LogP contribution in [-0.4, -0.2) is 24.2 Å². The SMILES string of the molecule is O=C(CC(=O)N/N=C/c1ccc(Br)o1)N/N=C/c1ccc(Br)o1. The Hall–Kier alpha value is -2.20. The highest BCUT2D eigenvalue weighted by Crippen LogP contribution is 2.12. The molecule has 0 aromatic carbocycles. The molecule has 2 N–H and O–H groups in total. The highest BCUT2D eigenvalue weighted by atomic mass is 79.9. The van der Waals surface area contributed by atoms with Crippen molar-refractivity contribution in [2.75, 3.05) is 0 Å². The van der Waals surface area contributed by atoms with Crippen LogP contribution in [0.5, 0.6) is 0 Å². The van der Waals surface area contributed by atoms with Crippen LogP contribution in [0.2, 0.25) is 0 Å². The molecule has 10 heteroatoms. The summed E-state index contributed by atoms with van der Waals surface area (Å²) in [6.45, 7) is 0. The van der Waals surface area contributed by atoms with Crippen molar-refractivity contribution in [3.8, 4) is 0 Å². The second kappa shape index (κ2) is 8.44. The largest absolute Gasteiger partial charge is 0.448 e. The quantitative estimate of drug-likeness (QED) is 0.404. The first-order valence-electron chi connectivity index (χ1n) is 6.17. The molecule has 2 heterocycles. The first kappa shape index (κ1) is 17.2. The highest BCUT2D eigenvalue weighted by molar-refractivity contribution is 9.10. The fourth-order valence-corrected chi connectivity index (χ4v) is 1.99. The van der Waals surface area contributed by atoms with E-state index in [1.807, 2.05) is 0 Å². The summed E-state index contributed by atoms with van der Waals surface area (Å²) in [6.07, 6.45) is 2.21. The minimum atomic E-state index is -0.583. The molecule has 2 aromatic rings. The Morgan fingerprint density at radius 1 is 0.913 bits per heavy atom. The highest BCUT2D eigenvalue weighted by Gasteiger charge is 2.07. The molecule has 0 radical (unpaired) electrons. The van der Waals surface area contributed by atoms with E-state index in [1.165, 1.54) is 12.4 Å². The third-order valence-electron chi connectivity index (χ3n) is 2.27. The van der Waals surface area contributed by atoms with Crippen LogP contribution in [-0.2, 0) is 9.59 Å². The predicted molar refractivity (Wildman–Crippen MR) is 88.9 cm³/mol. The lowest BCUT2D eigenvalue weighted by Gasteiger charge is -1.98. The monoisotopic (exact) mass is 444 g/mol. The lowest BCUT2D eigenvalue weighted by molar-refractivity contribution is -0.129. The molecule has 0 bridgehead atoms. The summed E-state index contributed by atoms with van der Waals surface area (Å²) >= 11 is 6.27. The fourth-order valence-electron chi connectivity index (χ4n) is 1.36. The van der Waals surface area contributed by atoms with Gasteiger partial charge in [-0.15, -0.1) is 0 Å². The van der Waals surface area contributed by atoms with Gasteiger partial charge in [-0.25, -0.2) is 10.9 Å². The molecule has 0 spiro atoms. The molecule has 2 rings (SSSR count). The summed E-state index contributed by atoms with van der Waals surface area (Å²) in [6, 6.07) is 6.70. The maximum absolute atomic E-state index is 11.5. The standard InChI is InChI=1S/C13H10Br2N4O4/c14-10-3-1-8(22-10)6-16-18-12(20)5-13(21)19-17-7-9-2-4-11(15)23-9/h1-4,6-7H,5H2,(H,18,20)(H,19,21)/b16-6+,17-7+. The summed E-state index contributed by atoms with van der Waals surface area (Å²) in [7, 11) is 0. The first-order valence-corrected chi connectivity index (χ1v) is 7.76. The summed E-state index contributed by atoms with van der Waals surface area (Å²) in [4.78, 5) is 23.0. The molecule has 0 aliphatic carbocycles. The number of hydrogen-bond acceptors (Lipinski definition) is 6. The summed E-state index contributed by atoms with van der Waals surface area (Å²) < 4.78 is 11.4. The number of carbonyl (C=O) groups excluding carboxylic acids is 2. The van der Waals surface area contributed by atoms with Crippen molar-refractivity contribution in [3.05, 3.63) is 45.1 Å². The van der Waals surface area contributed by atoms with Crippen LogP contribution in [0.1, 0.15) is 17.9 Å². The summed E-state index contributed by atoms with van der Waals surface area (Å²) in [5.41, 5.74) is 4.40. The van der Waals surface area contributed by atoms with Gasteiger partial charge >= 0.3 is 0 Å². The molecule has 2 amide bonds. The molecule has 0 aliphatic heterocycles. The smallest absolute Gasteiger partial charge is 0.249 e. The van der Waals surface area contributed by atoms with Gasteiger partial charge in [0.1, 0.15) is 17.9 Å². The first-order chi connectivity index (χ1) is 11.0. The van der Waals surface area contributed by atoms with E-state index >= 15 is 0 Å². The lowest BCUT2D eigenvalue weighted by atomic mass is 10.4. The van der Waals surface area contributed by atoms with Gasteiger partial charge in [0, 0.05) is 0 Å². The van der Waals surface area contributed by atoms with Crippen molar-refractivity contribution in [1.29, 1.82) is 0 Å². The minimum Gasteiger partial charge on any atom is -0.448 e. The van der Waals surface area contributed by atoms with E-state index in [0.717, 1.165) is 0 Å². The maximum Gasteiger partial charge on any atom is 0.249 e. The Bertz CT molecular complexity index is 688. The molecule has 120 valence electrons. The van der Waals surface area contributed by atoms with E-state index in [4.69, 9.17) is 8.83 Å². The molecular weight excluding hydrogens is 436 g/mol. The zero-order valence-corrected chi connectivity index (χ0v) is 14.6. The molecule has 0 saturated heterocycles. The Balaban J connectivity index is 1.71. The number of furan rings is 2. The van der Waals surface area contributed by atoms with Crippen LogP contribution in [0.25, 0.3) is 0 Å². The third kappa shape index (κ3) is 6.20. The van der Waals surface area contributed by atoms with E-state index in [2.05, 4.69) is 52.9 Å². The van der Waals surface area contributed by atoms with Crippen molar-refractivity contribution >= 4 is 56.1 Å². The van der Waals surface area contributed by atoms with Crippen molar-refractivity contribution in [3.63, 3.8) is 0 Å². The normalized spacial score (nSPS) is 11.2. The second-order valence-electron chi connectivity index (χ2n) is 4.05. The summed E-state index contributed by atoms with van der Waals surface area (Å²) in [5, 5.41) is 7.32. The molecule has 8 nitrogen and oxygen atoms in total. The van der Waals surface area contributed by atoms with Gasteiger partial charge in [-0.2, -0.15) is 10.2 Å². The van der Waals surface area contributed by atoms with Crippen LogP contribution in [0.15, 0.2) is 52.6 Å². The average molecular weight is 446 g/mol.